The monoisotopic (exact) mass is 255 g/mol. The molecule has 0 atom stereocenters. The van der Waals surface area contributed by atoms with Gasteiger partial charge < -0.3 is 14.5 Å². The molecule has 1 aliphatic rings. The van der Waals surface area contributed by atoms with Crippen LogP contribution in [0.15, 0.2) is 16.5 Å². The molecule has 0 aromatic carbocycles. The van der Waals surface area contributed by atoms with Gasteiger partial charge in [-0.2, -0.15) is 11.8 Å². The van der Waals surface area contributed by atoms with Crippen molar-refractivity contribution in [1.29, 1.82) is 0 Å². The maximum atomic E-state index is 11.2. The van der Waals surface area contributed by atoms with Crippen molar-refractivity contribution >= 4 is 17.7 Å². The topological polar surface area (TPSA) is 51.5 Å². The zero-order valence-corrected chi connectivity index (χ0v) is 10.7. The molecule has 0 aliphatic carbocycles. The van der Waals surface area contributed by atoms with Gasteiger partial charge in [-0.25, -0.2) is 4.79 Å². The van der Waals surface area contributed by atoms with Crippen molar-refractivity contribution in [3.63, 3.8) is 0 Å². The van der Waals surface area contributed by atoms with E-state index in [1.54, 1.807) is 6.07 Å². The zero-order valence-electron chi connectivity index (χ0n) is 9.90. The van der Waals surface area contributed by atoms with Crippen LogP contribution in [-0.4, -0.2) is 30.6 Å². The zero-order chi connectivity index (χ0) is 12.1. The molecule has 5 heteroatoms. The van der Waals surface area contributed by atoms with Crippen molar-refractivity contribution in [2.24, 2.45) is 0 Å². The molecule has 4 nitrogen and oxygen atoms in total. The van der Waals surface area contributed by atoms with Gasteiger partial charge in [-0.05, 0) is 36.5 Å². The molecule has 1 aliphatic heterocycles. The maximum Gasteiger partial charge on any atom is 0.373 e. The Morgan fingerprint density at radius 1 is 1.53 bits per heavy atom. The van der Waals surface area contributed by atoms with Gasteiger partial charge >= 0.3 is 5.97 Å². The fourth-order valence-corrected chi connectivity index (χ4v) is 2.94. The Hall–Kier alpha value is -0.940. The lowest BCUT2D eigenvalue weighted by molar-refractivity contribution is 0.0563. The molecule has 1 aromatic heterocycles. The normalized spacial score (nSPS) is 17.0. The molecule has 17 heavy (non-hydrogen) atoms. The van der Waals surface area contributed by atoms with E-state index in [0.717, 1.165) is 5.76 Å². The lowest BCUT2D eigenvalue weighted by Gasteiger charge is -2.21. The number of esters is 1. The van der Waals surface area contributed by atoms with Crippen LogP contribution < -0.4 is 5.32 Å². The summed E-state index contributed by atoms with van der Waals surface area (Å²) in [5.41, 5.74) is 0. The van der Waals surface area contributed by atoms with Crippen molar-refractivity contribution in [3.05, 3.63) is 23.7 Å². The van der Waals surface area contributed by atoms with Crippen LogP contribution in [0.4, 0.5) is 0 Å². The number of rotatable bonds is 4. The number of hydrogen-bond acceptors (Lipinski definition) is 5. The molecule has 0 radical (unpaired) electrons. The summed E-state index contributed by atoms with van der Waals surface area (Å²) >= 11 is 2.01. The maximum absolute atomic E-state index is 11.2. The molecule has 1 aromatic rings. The highest BCUT2D eigenvalue weighted by Gasteiger charge is 2.15. The quantitative estimate of drug-likeness (QED) is 0.834. The minimum Gasteiger partial charge on any atom is -0.463 e. The molecule has 1 N–H and O–H groups in total. The average Bonchev–Trinajstić information content (AvgIpc) is 2.85. The van der Waals surface area contributed by atoms with E-state index >= 15 is 0 Å². The molecule has 0 bridgehead atoms. The Morgan fingerprint density at radius 2 is 2.29 bits per heavy atom. The molecule has 2 rings (SSSR count). The molecular weight excluding hydrogens is 238 g/mol. The minimum absolute atomic E-state index is 0.267. The van der Waals surface area contributed by atoms with E-state index in [9.17, 15) is 4.79 Å². The number of methoxy groups -OCH3 is 1. The van der Waals surface area contributed by atoms with Crippen molar-refractivity contribution in [3.8, 4) is 0 Å². The van der Waals surface area contributed by atoms with Crippen LogP contribution in [0.5, 0.6) is 0 Å². The highest BCUT2D eigenvalue weighted by Crippen LogP contribution is 2.17. The average molecular weight is 255 g/mol. The van der Waals surface area contributed by atoms with Gasteiger partial charge in [0.1, 0.15) is 5.76 Å². The predicted octanol–water partition coefficient (Wildman–Crippen LogP) is 2.05. The Bertz CT molecular complexity index is 372. The summed E-state index contributed by atoms with van der Waals surface area (Å²) in [5, 5.41) is 3.45. The third-order valence-corrected chi connectivity index (χ3v) is 3.88. The van der Waals surface area contributed by atoms with Gasteiger partial charge in [0.05, 0.1) is 13.7 Å². The van der Waals surface area contributed by atoms with Crippen molar-refractivity contribution in [1.82, 2.24) is 5.32 Å². The smallest absolute Gasteiger partial charge is 0.373 e. The Morgan fingerprint density at radius 3 is 3.00 bits per heavy atom. The van der Waals surface area contributed by atoms with Gasteiger partial charge in [0, 0.05) is 6.04 Å². The molecule has 0 amide bonds. The second kappa shape index (κ2) is 6.12. The van der Waals surface area contributed by atoms with Crippen LogP contribution in [0.2, 0.25) is 0 Å². The molecule has 94 valence electrons. The van der Waals surface area contributed by atoms with Gasteiger partial charge in [-0.1, -0.05) is 0 Å². The summed E-state index contributed by atoms with van der Waals surface area (Å²) in [6, 6.07) is 4.04. The second-order valence-electron chi connectivity index (χ2n) is 4.03. The molecule has 0 spiro atoms. The van der Waals surface area contributed by atoms with Crippen molar-refractivity contribution in [2.45, 2.75) is 25.4 Å². The summed E-state index contributed by atoms with van der Waals surface area (Å²) in [6.45, 7) is 0.673. The first kappa shape index (κ1) is 12.5. The summed E-state index contributed by atoms with van der Waals surface area (Å²) in [7, 11) is 1.35. The Kier molecular flexibility index (Phi) is 4.50. The summed E-state index contributed by atoms with van der Waals surface area (Å²) < 4.78 is 9.97. The van der Waals surface area contributed by atoms with Gasteiger partial charge in [-0.3, -0.25) is 0 Å². The SMILES string of the molecule is COC(=O)c1ccc(CNC2CCSCC2)o1. The predicted molar refractivity (Wildman–Crippen MR) is 67.2 cm³/mol. The third kappa shape index (κ3) is 3.51. The van der Waals surface area contributed by atoms with E-state index in [1.165, 1.54) is 31.5 Å². The van der Waals surface area contributed by atoms with E-state index in [-0.39, 0.29) is 5.76 Å². The largest absolute Gasteiger partial charge is 0.463 e. The Balaban J connectivity index is 1.82. The van der Waals surface area contributed by atoms with Gasteiger partial charge in [0.2, 0.25) is 5.76 Å². The molecule has 0 saturated carbocycles. The van der Waals surface area contributed by atoms with Crippen LogP contribution in [0, 0.1) is 0 Å². The standard InChI is InChI=1S/C12H17NO3S/c1-15-12(14)11-3-2-10(16-11)8-13-9-4-6-17-7-5-9/h2-3,9,13H,4-8H2,1H3. The number of carbonyl (C=O) groups excluding carboxylic acids is 1. The number of ether oxygens (including phenoxy) is 1. The van der Waals surface area contributed by atoms with E-state index in [4.69, 9.17) is 4.42 Å². The molecule has 0 unspecified atom stereocenters. The van der Waals surface area contributed by atoms with Gasteiger partial charge in [0.15, 0.2) is 0 Å². The molecular formula is C12H17NO3S. The lowest BCUT2D eigenvalue weighted by atomic mass is 10.1. The third-order valence-electron chi connectivity index (χ3n) is 2.83. The second-order valence-corrected chi connectivity index (χ2v) is 5.25. The number of thioether (sulfide) groups is 1. The highest BCUT2D eigenvalue weighted by molar-refractivity contribution is 7.99. The first-order valence-electron chi connectivity index (χ1n) is 5.78. The van der Waals surface area contributed by atoms with Crippen LogP contribution >= 0.6 is 11.8 Å². The van der Waals surface area contributed by atoms with E-state index in [2.05, 4.69) is 10.1 Å². The van der Waals surface area contributed by atoms with Crippen LogP contribution in [0.1, 0.15) is 29.2 Å². The highest BCUT2D eigenvalue weighted by atomic mass is 32.2. The molecule has 1 fully saturated rings. The molecule has 2 heterocycles. The Labute approximate surface area is 105 Å². The van der Waals surface area contributed by atoms with Crippen molar-refractivity contribution in [2.75, 3.05) is 18.6 Å². The summed E-state index contributed by atoms with van der Waals surface area (Å²) in [6.07, 6.45) is 2.41. The summed E-state index contributed by atoms with van der Waals surface area (Å²) in [4.78, 5) is 11.2. The van der Waals surface area contributed by atoms with E-state index in [1.807, 2.05) is 17.8 Å². The minimum atomic E-state index is -0.426. The van der Waals surface area contributed by atoms with Crippen LogP contribution in [0.25, 0.3) is 0 Å². The summed E-state index contributed by atoms with van der Waals surface area (Å²) in [5.74, 6) is 3.07. The van der Waals surface area contributed by atoms with E-state index < -0.39 is 5.97 Å². The first-order chi connectivity index (χ1) is 8.29. The fraction of sp³-hybridized carbons (Fsp3) is 0.583. The van der Waals surface area contributed by atoms with Crippen LogP contribution in [-0.2, 0) is 11.3 Å². The first-order valence-corrected chi connectivity index (χ1v) is 6.93. The van der Waals surface area contributed by atoms with Gasteiger partial charge in [-0.15, -0.1) is 0 Å². The number of carbonyl (C=O) groups is 1. The van der Waals surface area contributed by atoms with E-state index in [0.29, 0.717) is 12.6 Å². The van der Waals surface area contributed by atoms with Gasteiger partial charge in [0.25, 0.3) is 0 Å². The number of hydrogen-bond donors (Lipinski definition) is 1. The number of nitrogens with one attached hydrogen (secondary N) is 1. The lowest BCUT2D eigenvalue weighted by Crippen LogP contribution is -2.31. The van der Waals surface area contributed by atoms with Crippen molar-refractivity contribution < 1.29 is 13.9 Å². The number of furan rings is 1. The molecule has 1 saturated heterocycles. The fourth-order valence-electron chi connectivity index (χ4n) is 1.83. The van der Waals surface area contributed by atoms with Crippen LogP contribution in [0.3, 0.4) is 0 Å².